The van der Waals surface area contributed by atoms with E-state index in [0.29, 0.717) is 5.56 Å². The lowest BCUT2D eigenvalue weighted by Crippen LogP contribution is -2.17. The zero-order chi connectivity index (χ0) is 15.5. The lowest BCUT2D eigenvalue weighted by molar-refractivity contribution is 0.0963. The van der Waals surface area contributed by atoms with E-state index in [-0.39, 0.29) is 5.91 Å². The van der Waals surface area contributed by atoms with Crippen LogP contribution in [0.5, 0.6) is 0 Å². The molecule has 0 aliphatic heterocycles. The van der Waals surface area contributed by atoms with Gasteiger partial charge in [0.1, 0.15) is 0 Å². The largest absolute Gasteiger partial charge is 0.357 e. The van der Waals surface area contributed by atoms with Gasteiger partial charge in [-0.2, -0.15) is 0 Å². The number of rotatable bonds is 4. The molecule has 1 heterocycles. The van der Waals surface area contributed by atoms with Crippen molar-refractivity contribution in [2.75, 3.05) is 12.4 Å². The predicted molar refractivity (Wildman–Crippen MR) is 91.5 cm³/mol. The molecule has 112 valence electrons. The van der Waals surface area contributed by atoms with Crippen LogP contribution < -0.4 is 10.6 Å². The van der Waals surface area contributed by atoms with Crippen LogP contribution in [-0.2, 0) is 6.54 Å². The summed E-state index contributed by atoms with van der Waals surface area (Å²) in [7, 11) is 1.63. The van der Waals surface area contributed by atoms with Gasteiger partial charge < -0.3 is 10.6 Å². The number of fused-ring (bicyclic) bond motifs is 1. The van der Waals surface area contributed by atoms with Crippen molar-refractivity contribution in [3.05, 3.63) is 59.2 Å². The first-order valence-corrected chi connectivity index (χ1v) is 7.89. The topological polar surface area (TPSA) is 54.0 Å². The summed E-state index contributed by atoms with van der Waals surface area (Å²) in [6, 6.07) is 14.0. The van der Waals surface area contributed by atoms with E-state index in [0.717, 1.165) is 21.9 Å². The highest BCUT2D eigenvalue weighted by Crippen LogP contribution is 2.27. The summed E-state index contributed by atoms with van der Waals surface area (Å²) in [5.74, 6) is -0.0792. The number of nitrogens with zero attached hydrogens (tertiary/aromatic N) is 1. The molecular formula is C17H17N3OS. The van der Waals surface area contributed by atoms with Gasteiger partial charge in [-0.25, -0.2) is 4.98 Å². The van der Waals surface area contributed by atoms with Crippen molar-refractivity contribution in [3.63, 3.8) is 0 Å². The van der Waals surface area contributed by atoms with Crippen LogP contribution in [0, 0.1) is 6.92 Å². The Morgan fingerprint density at radius 2 is 1.95 bits per heavy atom. The Balaban J connectivity index is 1.77. The first kappa shape index (κ1) is 14.5. The number of anilines is 1. The summed E-state index contributed by atoms with van der Waals surface area (Å²) >= 11 is 1.56. The first-order valence-electron chi connectivity index (χ1n) is 7.08. The second-order valence-corrected chi connectivity index (χ2v) is 6.15. The molecule has 3 rings (SSSR count). The van der Waals surface area contributed by atoms with E-state index in [4.69, 9.17) is 0 Å². The fourth-order valence-corrected chi connectivity index (χ4v) is 3.07. The van der Waals surface area contributed by atoms with Crippen molar-refractivity contribution < 1.29 is 4.79 Å². The Hall–Kier alpha value is -2.40. The van der Waals surface area contributed by atoms with Gasteiger partial charge in [-0.05, 0) is 30.7 Å². The van der Waals surface area contributed by atoms with Gasteiger partial charge in [-0.1, -0.05) is 41.2 Å². The van der Waals surface area contributed by atoms with Crippen molar-refractivity contribution in [1.29, 1.82) is 0 Å². The van der Waals surface area contributed by atoms with E-state index in [2.05, 4.69) is 46.8 Å². The fourth-order valence-electron chi connectivity index (χ4n) is 2.17. The first-order chi connectivity index (χ1) is 10.7. The highest BCUT2D eigenvalue weighted by molar-refractivity contribution is 7.22. The van der Waals surface area contributed by atoms with Gasteiger partial charge in [0.05, 0.1) is 10.2 Å². The number of carbonyl (C=O) groups excluding carboxylic acids is 1. The zero-order valence-corrected chi connectivity index (χ0v) is 13.3. The average Bonchev–Trinajstić information content (AvgIpc) is 2.95. The third-order valence-corrected chi connectivity index (χ3v) is 4.42. The number of thiazole rings is 1. The van der Waals surface area contributed by atoms with Crippen LogP contribution in [0.3, 0.4) is 0 Å². The van der Waals surface area contributed by atoms with E-state index in [9.17, 15) is 4.79 Å². The second-order valence-electron chi connectivity index (χ2n) is 5.12. The quantitative estimate of drug-likeness (QED) is 0.774. The molecule has 3 aromatic rings. The molecule has 1 amide bonds. The van der Waals surface area contributed by atoms with Gasteiger partial charge in [0, 0.05) is 19.2 Å². The fraction of sp³-hybridized carbons (Fsp3) is 0.176. The monoisotopic (exact) mass is 311 g/mol. The van der Waals surface area contributed by atoms with Crippen molar-refractivity contribution in [2.45, 2.75) is 13.5 Å². The van der Waals surface area contributed by atoms with Gasteiger partial charge in [0.25, 0.3) is 5.91 Å². The molecule has 2 N–H and O–H groups in total. The lowest BCUT2D eigenvalue weighted by atomic mass is 10.1. The van der Waals surface area contributed by atoms with Gasteiger partial charge in [0.2, 0.25) is 0 Å². The van der Waals surface area contributed by atoms with Crippen LogP contribution >= 0.6 is 11.3 Å². The highest BCUT2D eigenvalue weighted by atomic mass is 32.1. The number of hydrogen-bond donors (Lipinski definition) is 2. The van der Waals surface area contributed by atoms with Crippen LogP contribution in [0.1, 0.15) is 21.5 Å². The minimum Gasteiger partial charge on any atom is -0.357 e. The Labute approximate surface area is 133 Å². The van der Waals surface area contributed by atoms with Crippen LogP contribution in [0.15, 0.2) is 42.5 Å². The maximum absolute atomic E-state index is 11.7. The number of amides is 1. The van der Waals surface area contributed by atoms with E-state index in [1.165, 1.54) is 11.1 Å². The smallest absolute Gasteiger partial charge is 0.251 e. The highest BCUT2D eigenvalue weighted by Gasteiger charge is 2.08. The SMILES string of the molecule is CNC(=O)c1ccc2nc(NCc3ccc(C)cc3)sc2c1. The summed E-state index contributed by atoms with van der Waals surface area (Å²) in [6.45, 7) is 2.82. The number of aromatic nitrogens is 1. The minimum absolute atomic E-state index is 0.0792. The zero-order valence-electron chi connectivity index (χ0n) is 12.5. The van der Waals surface area contributed by atoms with Gasteiger partial charge >= 0.3 is 0 Å². The van der Waals surface area contributed by atoms with Crippen molar-refractivity contribution in [1.82, 2.24) is 10.3 Å². The number of hydrogen-bond acceptors (Lipinski definition) is 4. The third kappa shape index (κ3) is 3.09. The normalized spacial score (nSPS) is 10.6. The summed E-state index contributed by atoms with van der Waals surface area (Å²) in [6.07, 6.45) is 0. The molecule has 0 aliphatic rings. The molecule has 4 nitrogen and oxygen atoms in total. The van der Waals surface area contributed by atoms with E-state index >= 15 is 0 Å². The van der Waals surface area contributed by atoms with Gasteiger partial charge in [0.15, 0.2) is 5.13 Å². The molecule has 2 aromatic carbocycles. The number of carbonyl (C=O) groups is 1. The van der Waals surface area contributed by atoms with Crippen LogP contribution in [0.25, 0.3) is 10.2 Å². The van der Waals surface area contributed by atoms with Crippen molar-refractivity contribution in [2.24, 2.45) is 0 Å². The van der Waals surface area contributed by atoms with Crippen LogP contribution in [0.2, 0.25) is 0 Å². The molecule has 0 saturated heterocycles. The summed E-state index contributed by atoms with van der Waals surface area (Å²) in [5, 5.41) is 6.84. The number of benzene rings is 2. The molecule has 0 fully saturated rings. The summed E-state index contributed by atoms with van der Waals surface area (Å²) in [4.78, 5) is 16.2. The maximum Gasteiger partial charge on any atom is 0.251 e. The standard InChI is InChI=1S/C17H17N3OS/c1-11-3-5-12(6-4-11)10-19-17-20-14-8-7-13(16(21)18-2)9-15(14)22-17/h3-9H,10H2,1-2H3,(H,18,21)(H,19,20). The Morgan fingerprint density at radius 1 is 1.18 bits per heavy atom. The van der Waals surface area contributed by atoms with E-state index in [1.807, 2.05) is 12.1 Å². The van der Waals surface area contributed by atoms with Gasteiger partial charge in [-0.3, -0.25) is 4.79 Å². The van der Waals surface area contributed by atoms with E-state index in [1.54, 1.807) is 24.5 Å². The minimum atomic E-state index is -0.0792. The Morgan fingerprint density at radius 3 is 2.68 bits per heavy atom. The molecule has 1 aromatic heterocycles. The summed E-state index contributed by atoms with van der Waals surface area (Å²) < 4.78 is 1.01. The molecule has 0 atom stereocenters. The molecule has 0 saturated carbocycles. The number of nitrogens with one attached hydrogen (secondary N) is 2. The number of aryl methyl sites for hydroxylation is 1. The second kappa shape index (κ2) is 6.15. The molecule has 0 aliphatic carbocycles. The Bertz CT molecular complexity index is 808. The van der Waals surface area contributed by atoms with Crippen molar-refractivity contribution in [3.8, 4) is 0 Å². The Kier molecular flexibility index (Phi) is 4.06. The van der Waals surface area contributed by atoms with Crippen LogP contribution in [0.4, 0.5) is 5.13 Å². The maximum atomic E-state index is 11.7. The lowest BCUT2D eigenvalue weighted by Gasteiger charge is -2.02. The molecule has 0 radical (unpaired) electrons. The predicted octanol–water partition coefficient (Wildman–Crippen LogP) is 3.58. The third-order valence-electron chi connectivity index (χ3n) is 3.44. The van der Waals surface area contributed by atoms with Crippen LogP contribution in [-0.4, -0.2) is 17.9 Å². The summed E-state index contributed by atoms with van der Waals surface area (Å²) in [5.41, 5.74) is 4.04. The molecule has 0 unspecified atom stereocenters. The molecular weight excluding hydrogens is 294 g/mol. The van der Waals surface area contributed by atoms with Gasteiger partial charge in [-0.15, -0.1) is 0 Å². The molecule has 5 heteroatoms. The molecule has 22 heavy (non-hydrogen) atoms. The average molecular weight is 311 g/mol. The van der Waals surface area contributed by atoms with Crippen molar-refractivity contribution >= 4 is 32.6 Å². The molecule has 0 bridgehead atoms. The van der Waals surface area contributed by atoms with E-state index < -0.39 is 0 Å². The molecule has 0 spiro atoms.